The van der Waals surface area contributed by atoms with E-state index in [0.717, 1.165) is 30.0 Å². The highest BCUT2D eigenvalue weighted by Gasteiger charge is 2.55. The Morgan fingerprint density at radius 1 is 1.11 bits per heavy atom. The standard InChI is InChI=1S/C23H30N4O/c1-4-27-16(3)20(15(2)24-27)23(28)26-14-19(17-8-6-5-7-9-17)22-21(26)18-10-12-25(22)13-11-18/h5-9,18-19,21-22H,4,10-14H2,1-3H3/t19-,21-,22-/m1/s1. The number of rotatable bonds is 3. The third-order valence-corrected chi connectivity index (χ3v) is 7.38. The van der Waals surface area contributed by atoms with Gasteiger partial charge in [-0.15, -0.1) is 0 Å². The van der Waals surface area contributed by atoms with Gasteiger partial charge in [-0.25, -0.2) is 0 Å². The molecule has 5 heteroatoms. The summed E-state index contributed by atoms with van der Waals surface area (Å²) in [5, 5.41) is 4.61. The maximum absolute atomic E-state index is 13.8. The smallest absolute Gasteiger partial charge is 0.257 e. The van der Waals surface area contributed by atoms with E-state index in [1.165, 1.54) is 31.5 Å². The van der Waals surface area contributed by atoms with Crippen LogP contribution in [0.3, 0.4) is 0 Å². The Morgan fingerprint density at radius 2 is 1.82 bits per heavy atom. The molecule has 0 unspecified atom stereocenters. The molecule has 0 saturated carbocycles. The fraction of sp³-hybridized carbons (Fsp3) is 0.565. The Balaban J connectivity index is 1.54. The normalized spacial score (nSPS) is 31.2. The molecule has 0 aliphatic carbocycles. The number of fused-ring (bicyclic) bond motifs is 2. The molecule has 4 saturated heterocycles. The summed E-state index contributed by atoms with van der Waals surface area (Å²) in [5.74, 6) is 1.23. The molecule has 6 rings (SSSR count). The number of hydrogen-bond donors (Lipinski definition) is 0. The van der Waals surface area contributed by atoms with Crippen LogP contribution in [0.15, 0.2) is 30.3 Å². The molecule has 2 bridgehead atoms. The van der Waals surface area contributed by atoms with Gasteiger partial charge >= 0.3 is 0 Å². The number of piperidine rings is 3. The topological polar surface area (TPSA) is 41.4 Å². The summed E-state index contributed by atoms with van der Waals surface area (Å²) < 4.78 is 1.96. The minimum absolute atomic E-state index is 0.192. The number of carbonyl (C=O) groups excluding carboxylic acids is 1. The van der Waals surface area contributed by atoms with Crippen molar-refractivity contribution in [1.29, 1.82) is 0 Å². The number of aryl methyl sites for hydroxylation is 2. The lowest BCUT2D eigenvalue weighted by Gasteiger charge is -2.51. The monoisotopic (exact) mass is 378 g/mol. The lowest BCUT2D eigenvalue weighted by Crippen LogP contribution is -2.60. The molecule has 5 heterocycles. The highest BCUT2D eigenvalue weighted by molar-refractivity contribution is 5.97. The van der Waals surface area contributed by atoms with Crippen molar-refractivity contribution in [1.82, 2.24) is 19.6 Å². The first-order valence-corrected chi connectivity index (χ1v) is 10.7. The quantitative estimate of drug-likeness (QED) is 0.823. The van der Waals surface area contributed by atoms with Crippen molar-refractivity contribution in [2.45, 2.75) is 58.2 Å². The van der Waals surface area contributed by atoms with Crippen LogP contribution >= 0.6 is 0 Å². The maximum atomic E-state index is 13.8. The van der Waals surface area contributed by atoms with E-state index in [0.29, 0.717) is 23.9 Å². The molecular formula is C23H30N4O. The van der Waals surface area contributed by atoms with Gasteiger partial charge in [-0.1, -0.05) is 30.3 Å². The molecular weight excluding hydrogens is 348 g/mol. The number of aromatic nitrogens is 2. The fourth-order valence-corrected chi connectivity index (χ4v) is 6.11. The van der Waals surface area contributed by atoms with Gasteiger partial charge in [0.1, 0.15) is 0 Å². The SMILES string of the molecule is CCn1nc(C)c(C(=O)N2C[C@H](c3ccccc3)[C@@H]3[C@H]2C2CCN3CC2)c1C. The van der Waals surface area contributed by atoms with E-state index in [1.807, 2.05) is 18.5 Å². The zero-order chi connectivity index (χ0) is 19.4. The van der Waals surface area contributed by atoms with Crippen LogP contribution in [-0.2, 0) is 6.54 Å². The molecule has 1 aromatic carbocycles. The molecule has 148 valence electrons. The van der Waals surface area contributed by atoms with E-state index in [-0.39, 0.29) is 5.91 Å². The largest absolute Gasteiger partial charge is 0.333 e. The predicted molar refractivity (Wildman–Crippen MR) is 109 cm³/mol. The molecule has 3 atom stereocenters. The van der Waals surface area contributed by atoms with Gasteiger partial charge in [-0.3, -0.25) is 14.4 Å². The zero-order valence-electron chi connectivity index (χ0n) is 17.1. The summed E-state index contributed by atoms with van der Waals surface area (Å²) in [5.41, 5.74) is 4.07. The van der Waals surface area contributed by atoms with Crippen LogP contribution in [0.2, 0.25) is 0 Å². The van der Waals surface area contributed by atoms with E-state index in [4.69, 9.17) is 0 Å². The molecule has 0 radical (unpaired) electrons. The molecule has 1 amide bonds. The fourth-order valence-electron chi connectivity index (χ4n) is 6.11. The van der Waals surface area contributed by atoms with Crippen LogP contribution in [-0.4, -0.2) is 57.2 Å². The molecule has 28 heavy (non-hydrogen) atoms. The Morgan fingerprint density at radius 3 is 2.46 bits per heavy atom. The molecule has 1 aromatic heterocycles. The molecule has 2 aromatic rings. The number of hydrogen-bond acceptors (Lipinski definition) is 3. The van der Waals surface area contributed by atoms with Gasteiger partial charge in [-0.2, -0.15) is 5.10 Å². The highest BCUT2D eigenvalue weighted by atomic mass is 16.2. The summed E-state index contributed by atoms with van der Waals surface area (Å²) in [6.45, 7) is 10.1. The van der Waals surface area contributed by atoms with Crippen LogP contribution in [0.4, 0.5) is 0 Å². The van der Waals surface area contributed by atoms with Gasteiger partial charge < -0.3 is 4.90 Å². The van der Waals surface area contributed by atoms with Crippen LogP contribution in [0.1, 0.15) is 53.0 Å². The molecule has 0 N–H and O–H groups in total. The summed E-state index contributed by atoms with van der Waals surface area (Å²) >= 11 is 0. The summed E-state index contributed by atoms with van der Waals surface area (Å²) in [4.78, 5) is 18.7. The van der Waals surface area contributed by atoms with Crippen molar-refractivity contribution >= 4 is 5.91 Å². The average molecular weight is 379 g/mol. The number of amides is 1. The maximum Gasteiger partial charge on any atom is 0.257 e. The third kappa shape index (κ3) is 2.55. The van der Waals surface area contributed by atoms with Crippen molar-refractivity contribution in [2.24, 2.45) is 5.92 Å². The average Bonchev–Trinajstić information content (AvgIpc) is 3.28. The second kappa shape index (κ2) is 6.73. The van der Waals surface area contributed by atoms with Crippen LogP contribution in [0.25, 0.3) is 0 Å². The van der Waals surface area contributed by atoms with Crippen LogP contribution in [0, 0.1) is 19.8 Å². The van der Waals surface area contributed by atoms with Gasteiger partial charge in [0.05, 0.1) is 17.3 Å². The number of likely N-dealkylation sites (tertiary alicyclic amines) is 1. The zero-order valence-corrected chi connectivity index (χ0v) is 17.1. The van der Waals surface area contributed by atoms with E-state index in [1.54, 1.807) is 0 Å². The minimum Gasteiger partial charge on any atom is -0.333 e. The molecule has 0 spiro atoms. The Kier molecular flexibility index (Phi) is 4.31. The first-order chi connectivity index (χ1) is 13.6. The summed E-state index contributed by atoms with van der Waals surface area (Å²) in [6.07, 6.45) is 2.44. The van der Waals surface area contributed by atoms with Crippen molar-refractivity contribution in [2.75, 3.05) is 19.6 Å². The molecule has 4 aliphatic rings. The Labute approximate surface area is 167 Å². The van der Waals surface area contributed by atoms with E-state index in [9.17, 15) is 4.79 Å². The van der Waals surface area contributed by atoms with E-state index in [2.05, 4.69) is 52.2 Å². The van der Waals surface area contributed by atoms with Gasteiger partial charge in [0, 0.05) is 30.7 Å². The molecule has 4 fully saturated rings. The van der Waals surface area contributed by atoms with E-state index < -0.39 is 0 Å². The number of benzene rings is 1. The third-order valence-electron chi connectivity index (χ3n) is 7.38. The van der Waals surface area contributed by atoms with E-state index >= 15 is 0 Å². The lowest BCUT2D eigenvalue weighted by atomic mass is 9.75. The van der Waals surface area contributed by atoms with Crippen molar-refractivity contribution in [3.63, 3.8) is 0 Å². The van der Waals surface area contributed by atoms with Gasteiger partial charge in [0.15, 0.2) is 0 Å². The van der Waals surface area contributed by atoms with Gasteiger partial charge in [0.2, 0.25) is 0 Å². The Hall–Kier alpha value is -2.14. The highest BCUT2D eigenvalue weighted by Crippen LogP contribution is 2.47. The number of nitrogens with zero attached hydrogens (tertiary/aromatic N) is 4. The van der Waals surface area contributed by atoms with Crippen LogP contribution in [0.5, 0.6) is 0 Å². The molecule has 4 aliphatic heterocycles. The van der Waals surface area contributed by atoms with Crippen molar-refractivity contribution < 1.29 is 4.79 Å². The Bertz CT molecular complexity index is 882. The first kappa shape index (κ1) is 17.9. The minimum atomic E-state index is 0.192. The second-order valence-corrected chi connectivity index (χ2v) is 8.69. The molecule has 5 nitrogen and oxygen atoms in total. The van der Waals surface area contributed by atoms with Crippen molar-refractivity contribution in [3.05, 3.63) is 52.8 Å². The summed E-state index contributed by atoms with van der Waals surface area (Å²) in [6, 6.07) is 11.6. The van der Waals surface area contributed by atoms with Crippen molar-refractivity contribution in [3.8, 4) is 0 Å². The predicted octanol–water partition coefficient (Wildman–Crippen LogP) is 3.22. The number of carbonyl (C=O) groups is 1. The lowest BCUT2D eigenvalue weighted by molar-refractivity contribution is -0.00345. The summed E-state index contributed by atoms with van der Waals surface area (Å²) in [7, 11) is 0. The van der Waals surface area contributed by atoms with Gasteiger partial charge in [-0.05, 0) is 58.2 Å². The first-order valence-electron chi connectivity index (χ1n) is 10.7. The van der Waals surface area contributed by atoms with Crippen LogP contribution < -0.4 is 0 Å². The van der Waals surface area contributed by atoms with Gasteiger partial charge in [0.25, 0.3) is 5.91 Å². The second-order valence-electron chi connectivity index (χ2n) is 8.69.